The third kappa shape index (κ3) is 4.53. The number of benzene rings is 1. The molecule has 2 aliphatic carbocycles. The Hall–Kier alpha value is -2.60. The largest absolute Gasteiger partial charge is 0.508 e. The zero-order valence-electron chi connectivity index (χ0n) is 24.4. The molecular weight excluding hydrogens is 488 g/mol. The van der Waals surface area contributed by atoms with Crippen molar-refractivity contribution in [2.45, 2.75) is 96.6 Å². The van der Waals surface area contributed by atoms with Crippen molar-refractivity contribution in [3.8, 4) is 5.75 Å². The maximum atomic E-state index is 13.7. The van der Waals surface area contributed by atoms with E-state index in [2.05, 4.69) is 44.7 Å². The summed E-state index contributed by atoms with van der Waals surface area (Å²) in [7, 11) is 1.91. The number of likely N-dealkylation sites (tertiary alicyclic amines) is 1. The normalized spacial score (nSPS) is 29.7. The number of rotatable bonds is 9. The average molecular weight is 535 g/mol. The molecule has 1 aliphatic heterocycles. The molecule has 3 aliphatic rings. The van der Waals surface area contributed by atoms with Gasteiger partial charge in [0.05, 0.1) is 5.56 Å². The summed E-state index contributed by atoms with van der Waals surface area (Å²) in [5.41, 5.74) is 2.48. The van der Waals surface area contributed by atoms with Crippen molar-refractivity contribution in [2.24, 2.45) is 17.3 Å². The molecule has 2 aromatic rings. The first-order valence-corrected chi connectivity index (χ1v) is 15.1. The third-order valence-electron chi connectivity index (χ3n) is 11.0. The van der Waals surface area contributed by atoms with Gasteiger partial charge in [-0.05, 0) is 111 Å². The quantitative estimate of drug-likeness (QED) is 0.427. The average Bonchev–Trinajstić information content (AvgIpc) is 3.70. The fourth-order valence-electron chi connectivity index (χ4n) is 8.87. The van der Waals surface area contributed by atoms with Gasteiger partial charge in [-0.2, -0.15) is 0 Å². The maximum Gasteiger partial charge on any atom is 0.335 e. The highest BCUT2D eigenvalue weighted by Gasteiger charge is 2.66. The predicted molar refractivity (Wildman–Crippen MR) is 154 cm³/mol. The molecule has 1 aromatic heterocycles. The van der Waals surface area contributed by atoms with Gasteiger partial charge in [-0.15, -0.1) is 0 Å². The van der Waals surface area contributed by atoms with Crippen LogP contribution in [-0.4, -0.2) is 53.0 Å². The summed E-state index contributed by atoms with van der Waals surface area (Å²) >= 11 is 0. The number of phenols is 1. The zero-order chi connectivity index (χ0) is 27.9. The smallest absolute Gasteiger partial charge is 0.335 e. The van der Waals surface area contributed by atoms with Crippen LogP contribution >= 0.6 is 0 Å². The number of carbonyl (C=O) groups is 1. The van der Waals surface area contributed by atoms with E-state index in [4.69, 9.17) is 4.42 Å². The Kier molecular flexibility index (Phi) is 7.71. The standard InChI is InChI=1S/C33H46N2O4/c1-6-24-11-13-26(36)19-28(24)33-17-18-35(20-23-9-10-23)22(4)32(33,8-3)16-15-27(33)29(7-2)34(5)31(38)25-12-14-30(37)39-21-25/h11-14,19,21-23,27,29,36H,6-10,15-18,20H2,1-5H3. The lowest BCUT2D eigenvalue weighted by Crippen LogP contribution is -2.64. The Morgan fingerprint density at radius 1 is 1.15 bits per heavy atom. The molecule has 212 valence electrons. The molecule has 3 fully saturated rings. The summed E-state index contributed by atoms with van der Waals surface area (Å²) < 4.78 is 5.05. The number of hydrogen-bond acceptors (Lipinski definition) is 5. The molecule has 1 N–H and O–H groups in total. The number of aromatic hydroxyl groups is 1. The molecule has 0 radical (unpaired) electrons. The highest BCUT2D eigenvalue weighted by molar-refractivity contribution is 5.93. The van der Waals surface area contributed by atoms with Crippen LogP contribution in [0.25, 0.3) is 0 Å². The SMILES string of the molecule is CCc1ccc(O)cc1C12CCN(CC3CC3)C(C)C1(CC)CCC2C(CC)N(C)C(=O)c1ccc(=O)oc1. The minimum absolute atomic E-state index is 0.0205. The molecule has 6 heteroatoms. The maximum absolute atomic E-state index is 13.7. The summed E-state index contributed by atoms with van der Waals surface area (Å²) in [5.74, 6) is 1.32. The van der Waals surface area contributed by atoms with Crippen LogP contribution in [0.4, 0.5) is 0 Å². The number of aryl methyl sites for hydroxylation is 1. The molecule has 5 rings (SSSR count). The number of nitrogens with zero attached hydrogens (tertiary/aromatic N) is 2. The minimum atomic E-state index is -0.452. The molecule has 5 unspecified atom stereocenters. The van der Waals surface area contributed by atoms with Crippen molar-refractivity contribution in [2.75, 3.05) is 20.1 Å². The van der Waals surface area contributed by atoms with E-state index in [1.807, 2.05) is 18.0 Å². The minimum Gasteiger partial charge on any atom is -0.508 e. The highest BCUT2D eigenvalue weighted by Crippen LogP contribution is 2.67. The molecule has 6 nitrogen and oxygen atoms in total. The van der Waals surface area contributed by atoms with Gasteiger partial charge in [0.25, 0.3) is 5.91 Å². The lowest BCUT2D eigenvalue weighted by atomic mass is 9.50. The number of carbonyl (C=O) groups excluding carboxylic acids is 1. The second-order valence-corrected chi connectivity index (χ2v) is 12.4. The van der Waals surface area contributed by atoms with E-state index in [1.165, 1.54) is 42.8 Å². The fourth-order valence-corrected chi connectivity index (χ4v) is 8.87. The Morgan fingerprint density at radius 3 is 2.54 bits per heavy atom. The topological polar surface area (TPSA) is 74.0 Å². The van der Waals surface area contributed by atoms with E-state index in [9.17, 15) is 14.7 Å². The van der Waals surface area contributed by atoms with Gasteiger partial charge < -0.3 is 14.4 Å². The van der Waals surface area contributed by atoms with Crippen molar-refractivity contribution in [1.29, 1.82) is 0 Å². The number of hydrogen-bond donors (Lipinski definition) is 1. The van der Waals surface area contributed by atoms with Crippen LogP contribution in [0.1, 0.15) is 94.1 Å². The van der Waals surface area contributed by atoms with Crippen LogP contribution in [0.15, 0.2) is 45.8 Å². The van der Waals surface area contributed by atoms with Gasteiger partial charge in [0.2, 0.25) is 0 Å². The summed E-state index contributed by atoms with van der Waals surface area (Å²) in [5, 5.41) is 10.8. The van der Waals surface area contributed by atoms with Crippen molar-refractivity contribution < 1.29 is 14.3 Å². The van der Waals surface area contributed by atoms with Crippen LogP contribution in [0, 0.1) is 17.3 Å². The zero-order valence-corrected chi connectivity index (χ0v) is 24.4. The number of amides is 1. The lowest BCUT2D eigenvalue weighted by molar-refractivity contribution is -0.0608. The van der Waals surface area contributed by atoms with E-state index in [1.54, 1.807) is 6.07 Å². The van der Waals surface area contributed by atoms with E-state index in [0.29, 0.717) is 17.4 Å². The Balaban J connectivity index is 1.63. The highest BCUT2D eigenvalue weighted by atomic mass is 16.4. The van der Waals surface area contributed by atoms with Gasteiger partial charge in [0.15, 0.2) is 0 Å². The first kappa shape index (κ1) is 27.9. The molecule has 5 atom stereocenters. The van der Waals surface area contributed by atoms with E-state index in [0.717, 1.165) is 51.0 Å². The van der Waals surface area contributed by atoms with Crippen LogP contribution < -0.4 is 5.63 Å². The monoisotopic (exact) mass is 534 g/mol. The Labute approximate surface area is 233 Å². The molecule has 0 bridgehead atoms. The first-order chi connectivity index (χ1) is 18.7. The molecule has 2 saturated carbocycles. The molecule has 1 saturated heterocycles. The molecule has 1 aromatic carbocycles. The van der Waals surface area contributed by atoms with Crippen molar-refractivity contribution in [1.82, 2.24) is 9.80 Å². The van der Waals surface area contributed by atoms with E-state index >= 15 is 0 Å². The molecule has 1 amide bonds. The Bertz CT molecular complexity index is 1230. The molecule has 39 heavy (non-hydrogen) atoms. The second-order valence-electron chi connectivity index (χ2n) is 12.4. The van der Waals surface area contributed by atoms with Crippen LogP contribution in [0.3, 0.4) is 0 Å². The third-order valence-corrected chi connectivity index (χ3v) is 11.0. The van der Waals surface area contributed by atoms with Crippen LogP contribution in [0.5, 0.6) is 5.75 Å². The van der Waals surface area contributed by atoms with Gasteiger partial charge in [-0.25, -0.2) is 4.79 Å². The van der Waals surface area contributed by atoms with Crippen LogP contribution in [0.2, 0.25) is 0 Å². The first-order valence-electron chi connectivity index (χ1n) is 15.1. The van der Waals surface area contributed by atoms with Gasteiger partial charge in [0, 0.05) is 37.2 Å². The van der Waals surface area contributed by atoms with Crippen molar-refractivity contribution >= 4 is 5.91 Å². The molecule has 2 heterocycles. The van der Waals surface area contributed by atoms with Crippen molar-refractivity contribution in [3.05, 3.63) is 63.7 Å². The predicted octanol–water partition coefficient (Wildman–Crippen LogP) is 6.01. The number of phenolic OH excluding ortho intramolecular Hbond substituents is 1. The van der Waals surface area contributed by atoms with Crippen molar-refractivity contribution in [3.63, 3.8) is 0 Å². The summed E-state index contributed by atoms with van der Waals surface area (Å²) in [6, 6.07) is 9.35. The van der Waals surface area contributed by atoms with Gasteiger partial charge >= 0.3 is 5.63 Å². The van der Waals surface area contributed by atoms with E-state index < -0.39 is 5.63 Å². The fraction of sp³-hybridized carbons (Fsp3) is 0.636. The second kappa shape index (κ2) is 10.8. The molecular formula is C33H46N2O4. The van der Waals surface area contributed by atoms with Crippen LogP contribution in [-0.2, 0) is 11.8 Å². The Morgan fingerprint density at radius 2 is 1.92 bits per heavy atom. The number of piperidine rings is 1. The lowest BCUT2D eigenvalue weighted by Gasteiger charge is -2.61. The van der Waals surface area contributed by atoms with Gasteiger partial charge in [0.1, 0.15) is 12.0 Å². The van der Waals surface area contributed by atoms with E-state index in [-0.39, 0.29) is 28.7 Å². The summed E-state index contributed by atoms with van der Waals surface area (Å²) in [4.78, 5) is 29.9. The summed E-state index contributed by atoms with van der Waals surface area (Å²) in [6.07, 6.45) is 10.0. The van der Waals surface area contributed by atoms with Gasteiger partial charge in [-0.1, -0.05) is 26.8 Å². The number of fused-ring (bicyclic) bond motifs is 1. The molecule has 0 spiro atoms. The summed E-state index contributed by atoms with van der Waals surface area (Å²) in [6.45, 7) is 11.5. The van der Waals surface area contributed by atoms with Gasteiger partial charge in [-0.3, -0.25) is 9.69 Å².